The van der Waals surface area contributed by atoms with Crippen molar-refractivity contribution >= 4 is 22.6 Å². The van der Waals surface area contributed by atoms with E-state index in [0.29, 0.717) is 12.1 Å². The molecule has 5 heteroatoms. The second-order valence-electron chi connectivity index (χ2n) is 7.29. The number of benzene rings is 3. The van der Waals surface area contributed by atoms with Gasteiger partial charge in [-0.2, -0.15) is 0 Å². The normalized spacial score (nSPS) is 15.8. The number of amides is 1. The zero-order valence-corrected chi connectivity index (χ0v) is 16.0. The third kappa shape index (κ3) is 3.21. The van der Waals surface area contributed by atoms with Gasteiger partial charge in [-0.1, -0.05) is 54.1 Å². The Labute approximate surface area is 169 Å². The van der Waals surface area contributed by atoms with Crippen LogP contribution in [0.3, 0.4) is 0 Å². The highest BCUT2D eigenvalue weighted by Crippen LogP contribution is 2.33. The van der Waals surface area contributed by atoms with Gasteiger partial charge in [0.1, 0.15) is 11.9 Å². The first-order valence-corrected chi connectivity index (χ1v) is 9.63. The molecule has 1 amide bonds. The molecule has 0 saturated carbocycles. The molecule has 142 valence electrons. The summed E-state index contributed by atoms with van der Waals surface area (Å²) < 4.78 is 0. The number of hydrogen-bond donors (Lipinski definition) is 1. The molecule has 2 heterocycles. The van der Waals surface area contributed by atoms with Crippen molar-refractivity contribution in [1.82, 2.24) is 14.9 Å². The van der Waals surface area contributed by atoms with E-state index in [0.717, 1.165) is 28.0 Å². The van der Waals surface area contributed by atoms with Crippen LogP contribution in [0, 0.1) is 6.92 Å². The maximum absolute atomic E-state index is 13.4. The van der Waals surface area contributed by atoms with Crippen molar-refractivity contribution in [2.24, 2.45) is 0 Å². The van der Waals surface area contributed by atoms with Gasteiger partial charge in [-0.15, -0.1) is 0 Å². The van der Waals surface area contributed by atoms with Crippen LogP contribution in [-0.2, 0) is 6.54 Å². The third-order valence-electron chi connectivity index (χ3n) is 5.24. The van der Waals surface area contributed by atoms with E-state index < -0.39 is 6.17 Å². The summed E-state index contributed by atoms with van der Waals surface area (Å²) in [6.45, 7) is 2.54. The summed E-state index contributed by atoms with van der Waals surface area (Å²) in [4.78, 5) is 24.5. The zero-order chi connectivity index (χ0) is 19.8. The lowest BCUT2D eigenvalue weighted by atomic mass is 10.0. The van der Waals surface area contributed by atoms with Crippen LogP contribution in [0.25, 0.3) is 11.0 Å². The van der Waals surface area contributed by atoms with Gasteiger partial charge in [-0.05, 0) is 36.8 Å². The van der Waals surface area contributed by atoms with Crippen molar-refractivity contribution in [3.05, 3.63) is 101 Å². The molecular weight excluding hydrogens is 360 g/mol. The lowest BCUT2D eigenvalue weighted by Gasteiger charge is -2.37. The number of anilines is 1. The molecule has 0 fully saturated rings. The number of carbonyl (C=O) groups excluding carboxylic acids is 1. The largest absolute Gasteiger partial charge is 0.359 e. The molecule has 3 aromatic carbocycles. The molecule has 1 aliphatic heterocycles. The Hall–Kier alpha value is -3.73. The lowest BCUT2D eigenvalue weighted by molar-refractivity contribution is 0.0663. The van der Waals surface area contributed by atoms with E-state index in [-0.39, 0.29) is 5.91 Å². The minimum Gasteiger partial charge on any atom is -0.359 e. The molecule has 0 saturated heterocycles. The quantitative estimate of drug-likeness (QED) is 0.559. The summed E-state index contributed by atoms with van der Waals surface area (Å²) in [5, 5.41) is 3.49. The molecule has 5 nitrogen and oxygen atoms in total. The summed E-state index contributed by atoms with van der Waals surface area (Å²) in [5.41, 5.74) is 6.13. The van der Waals surface area contributed by atoms with Crippen LogP contribution in [0.5, 0.6) is 0 Å². The van der Waals surface area contributed by atoms with Crippen molar-refractivity contribution in [1.29, 1.82) is 0 Å². The van der Waals surface area contributed by atoms with Gasteiger partial charge < -0.3 is 10.2 Å². The van der Waals surface area contributed by atoms with Gasteiger partial charge in [0, 0.05) is 12.2 Å². The molecule has 1 N–H and O–H groups in total. The van der Waals surface area contributed by atoms with Gasteiger partial charge in [0.05, 0.1) is 22.8 Å². The Morgan fingerprint density at radius 2 is 1.66 bits per heavy atom. The number of carbonyl (C=O) groups is 1. The van der Waals surface area contributed by atoms with Crippen molar-refractivity contribution in [2.45, 2.75) is 19.6 Å². The first-order chi connectivity index (χ1) is 14.2. The number of aromatic nitrogens is 2. The van der Waals surface area contributed by atoms with Gasteiger partial charge in [-0.25, -0.2) is 4.98 Å². The number of para-hydroxylation sites is 3. The Morgan fingerprint density at radius 1 is 0.931 bits per heavy atom. The average molecular weight is 380 g/mol. The third-order valence-corrected chi connectivity index (χ3v) is 5.24. The monoisotopic (exact) mass is 380 g/mol. The highest BCUT2D eigenvalue weighted by molar-refractivity contribution is 6.01. The predicted molar refractivity (Wildman–Crippen MR) is 113 cm³/mol. The van der Waals surface area contributed by atoms with Gasteiger partial charge in [-0.3, -0.25) is 9.78 Å². The molecule has 1 aliphatic rings. The summed E-state index contributed by atoms with van der Waals surface area (Å²) in [6.07, 6.45) is 1.36. The van der Waals surface area contributed by atoms with E-state index in [1.807, 2.05) is 53.4 Å². The number of aryl methyl sites for hydroxylation is 1. The van der Waals surface area contributed by atoms with E-state index in [1.165, 1.54) is 5.56 Å². The number of nitrogens with one attached hydrogen (secondary N) is 1. The molecule has 1 atom stereocenters. The fourth-order valence-corrected chi connectivity index (χ4v) is 3.68. The standard InChI is InChI=1S/C24H20N4O/c1-16-10-12-17(13-11-16)15-28-23(27-19-7-3-2-6-18(19)24(28)29)22-14-25-20-8-4-5-9-21(20)26-22/h2-14,23,27H,15H2,1H3/t23-/m0/s1. The van der Waals surface area contributed by atoms with Crippen molar-refractivity contribution in [2.75, 3.05) is 5.32 Å². The summed E-state index contributed by atoms with van der Waals surface area (Å²) in [7, 11) is 0. The number of hydrogen-bond acceptors (Lipinski definition) is 4. The first kappa shape index (κ1) is 17.4. The van der Waals surface area contributed by atoms with Crippen molar-refractivity contribution < 1.29 is 4.79 Å². The fraction of sp³-hybridized carbons (Fsp3) is 0.125. The predicted octanol–water partition coefficient (Wildman–Crippen LogP) is 4.70. The highest BCUT2D eigenvalue weighted by atomic mass is 16.2. The summed E-state index contributed by atoms with van der Waals surface area (Å²) in [6, 6.07) is 23.6. The summed E-state index contributed by atoms with van der Waals surface area (Å²) >= 11 is 0. The number of nitrogens with zero attached hydrogens (tertiary/aromatic N) is 3. The molecule has 4 aromatic rings. The average Bonchev–Trinajstić information content (AvgIpc) is 2.76. The molecule has 0 unspecified atom stereocenters. The Kier molecular flexibility index (Phi) is 4.21. The minimum absolute atomic E-state index is 0.0140. The van der Waals surface area contributed by atoms with Crippen LogP contribution in [0.2, 0.25) is 0 Å². The maximum Gasteiger partial charge on any atom is 0.258 e. The van der Waals surface area contributed by atoms with E-state index >= 15 is 0 Å². The lowest BCUT2D eigenvalue weighted by Crippen LogP contribution is -2.42. The van der Waals surface area contributed by atoms with Crippen LogP contribution in [-0.4, -0.2) is 20.8 Å². The molecule has 1 aromatic heterocycles. The van der Waals surface area contributed by atoms with Crippen molar-refractivity contribution in [3.8, 4) is 0 Å². The molecular formula is C24H20N4O. The molecule has 0 bridgehead atoms. The van der Waals surface area contributed by atoms with Gasteiger partial charge in [0.15, 0.2) is 0 Å². The Morgan fingerprint density at radius 3 is 2.48 bits per heavy atom. The SMILES string of the molecule is Cc1ccc(CN2C(=O)c3ccccc3N[C@@H]2c2cnc3ccccc3n2)cc1. The van der Waals surface area contributed by atoms with Crippen LogP contribution in [0.4, 0.5) is 5.69 Å². The summed E-state index contributed by atoms with van der Waals surface area (Å²) in [5.74, 6) is -0.0140. The van der Waals surface area contributed by atoms with E-state index in [1.54, 1.807) is 6.20 Å². The van der Waals surface area contributed by atoms with Crippen LogP contribution in [0.1, 0.15) is 33.3 Å². The van der Waals surface area contributed by atoms with E-state index in [9.17, 15) is 4.79 Å². The number of rotatable bonds is 3. The maximum atomic E-state index is 13.4. The fourth-order valence-electron chi connectivity index (χ4n) is 3.68. The first-order valence-electron chi connectivity index (χ1n) is 9.63. The van der Waals surface area contributed by atoms with Gasteiger partial charge in [0.25, 0.3) is 5.91 Å². The van der Waals surface area contributed by atoms with Gasteiger partial charge in [0.2, 0.25) is 0 Å². The van der Waals surface area contributed by atoms with Gasteiger partial charge >= 0.3 is 0 Å². The minimum atomic E-state index is -0.393. The smallest absolute Gasteiger partial charge is 0.258 e. The second kappa shape index (κ2) is 7.02. The van der Waals surface area contributed by atoms with E-state index in [4.69, 9.17) is 4.98 Å². The second-order valence-corrected chi connectivity index (χ2v) is 7.29. The van der Waals surface area contributed by atoms with Crippen LogP contribution < -0.4 is 5.32 Å². The van der Waals surface area contributed by atoms with Crippen LogP contribution in [0.15, 0.2) is 79.0 Å². The van der Waals surface area contributed by atoms with Crippen molar-refractivity contribution in [3.63, 3.8) is 0 Å². The van der Waals surface area contributed by atoms with Crippen LogP contribution >= 0.6 is 0 Å². The molecule has 29 heavy (non-hydrogen) atoms. The molecule has 5 rings (SSSR count). The molecule has 0 aliphatic carbocycles. The van der Waals surface area contributed by atoms with E-state index in [2.05, 4.69) is 41.5 Å². The Balaban J connectivity index is 1.59. The highest BCUT2D eigenvalue weighted by Gasteiger charge is 2.33. The molecule has 0 spiro atoms. The Bertz CT molecular complexity index is 1200. The topological polar surface area (TPSA) is 58.1 Å². The number of fused-ring (bicyclic) bond motifs is 2. The molecule has 0 radical (unpaired) electrons. The zero-order valence-electron chi connectivity index (χ0n) is 16.0.